The first-order valence-corrected chi connectivity index (χ1v) is 10.7. The third-order valence-electron chi connectivity index (χ3n) is 4.47. The number of aryl methyl sites for hydroxylation is 1. The Morgan fingerprint density at radius 2 is 2.15 bits per heavy atom. The summed E-state index contributed by atoms with van der Waals surface area (Å²) in [4.78, 5) is 24.3. The number of guanidine groups is 1. The van der Waals surface area contributed by atoms with Gasteiger partial charge in [-0.1, -0.05) is 6.92 Å². The summed E-state index contributed by atoms with van der Waals surface area (Å²) >= 11 is 1.38. The summed E-state index contributed by atoms with van der Waals surface area (Å²) < 4.78 is 5.10. The van der Waals surface area contributed by atoms with Crippen LogP contribution in [-0.2, 0) is 4.74 Å². The van der Waals surface area contributed by atoms with Crippen LogP contribution in [0.15, 0.2) is 4.99 Å². The quantitative estimate of drug-likeness (QED) is 0.360. The lowest BCUT2D eigenvalue weighted by Crippen LogP contribution is -2.39. The van der Waals surface area contributed by atoms with Crippen LogP contribution in [0.1, 0.15) is 67.0 Å². The molecule has 1 saturated carbocycles. The number of esters is 1. The van der Waals surface area contributed by atoms with Crippen molar-refractivity contribution in [3.8, 4) is 0 Å². The molecule has 8 heteroatoms. The Labute approximate surface area is 166 Å². The Kier molecular flexibility index (Phi) is 8.50. The van der Waals surface area contributed by atoms with Crippen LogP contribution in [0, 0.1) is 6.92 Å². The minimum atomic E-state index is -0.300. The van der Waals surface area contributed by atoms with E-state index in [1.165, 1.54) is 24.2 Å². The molecule has 0 spiro atoms. The molecule has 1 aliphatic rings. The second-order valence-electron chi connectivity index (χ2n) is 6.67. The predicted molar refractivity (Wildman–Crippen MR) is 111 cm³/mol. The number of likely N-dealkylation sites (N-methyl/N-ethyl adjacent to an activating group) is 1. The van der Waals surface area contributed by atoms with Crippen LogP contribution in [0.5, 0.6) is 0 Å². The van der Waals surface area contributed by atoms with E-state index >= 15 is 0 Å². The van der Waals surface area contributed by atoms with Crippen molar-refractivity contribution in [2.75, 3.05) is 32.8 Å². The van der Waals surface area contributed by atoms with Crippen molar-refractivity contribution in [3.05, 3.63) is 15.6 Å². The molecular weight excluding hydrogens is 362 g/mol. The van der Waals surface area contributed by atoms with Crippen molar-refractivity contribution < 1.29 is 9.53 Å². The van der Waals surface area contributed by atoms with E-state index in [9.17, 15) is 4.79 Å². The number of hydrogen-bond donors (Lipinski definition) is 2. The Morgan fingerprint density at radius 3 is 2.74 bits per heavy atom. The van der Waals surface area contributed by atoms with Gasteiger partial charge in [-0.05, 0) is 47.1 Å². The predicted octanol–water partition coefficient (Wildman–Crippen LogP) is 2.73. The molecule has 1 fully saturated rings. The van der Waals surface area contributed by atoms with E-state index in [1.54, 1.807) is 6.92 Å². The van der Waals surface area contributed by atoms with Crippen LogP contribution >= 0.6 is 11.3 Å². The molecular formula is C19H33N5O2S. The number of rotatable bonds is 10. The molecule has 1 unspecified atom stereocenters. The van der Waals surface area contributed by atoms with E-state index in [0.29, 0.717) is 17.2 Å². The first-order chi connectivity index (χ1) is 13.0. The van der Waals surface area contributed by atoms with Crippen molar-refractivity contribution in [1.82, 2.24) is 20.5 Å². The molecule has 152 valence electrons. The van der Waals surface area contributed by atoms with E-state index in [-0.39, 0.29) is 12.0 Å². The van der Waals surface area contributed by atoms with Crippen LogP contribution < -0.4 is 10.6 Å². The van der Waals surface area contributed by atoms with Gasteiger partial charge in [0.05, 0.1) is 24.9 Å². The maximum absolute atomic E-state index is 12.0. The molecule has 1 aromatic rings. The summed E-state index contributed by atoms with van der Waals surface area (Å²) in [6.07, 6.45) is 2.64. The van der Waals surface area contributed by atoms with Gasteiger partial charge in [-0.3, -0.25) is 9.89 Å². The summed E-state index contributed by atoms with van der Waals surface area (Å²) in [5.41, 5.74) is 0.715. The van der Waals surface area contributed by atoms with Crippen LogP contribution in [0.4, 0.5) is 0 Å². The summed E-state index contributed by atoms with van der Waals surface area (Å²) in [6.45, 7) is 13.9. The summed E-state index contributed by atoms with van der Waals surface area (Å²) in [5.74, 6) is 0.480. The molecule has 0 saturated heterocycles. The number of aromatic nitrogens is 1. The van der Waals surface area contributed by atoms with Gasteiger partial charge in [-0.25, -0.2) is 9.78 Å². The zero-order valence-corrected chi connectivity index (χ0v) is 18.0. The minimum Gasteiger partial charge on any atom is -0.462 e. The number of aliphatic imine (C=N–C) groups is 1. The van der Waals surface area contributed by atoms with E-state index in [1.807, 2.05) is 13.8 Å². The van der Waals surface area contributed by atoms with Gasteiger partial charge >= 0.3 is 5.97 Å². The van der Waals surface area contributed by atoms with Crippen molar-refractivity contribution in [2.45, 2.75) is 59.5 Å². The molecule has 0 bridgehead atoms. The average Bonchev–Trinajstić information content (AvgIpc) is 3.40. The third-order valence-corrected chi connectivity index (χ3v) is 5.79. The molecule has 1 atom stereocenters. The van der Waals surface area contributed by atoms with E-state index in [0.717, 1.165) is 43.2 Å². The Balaban J connectivity index is 1.97. The van der Waals surface area contributed by atoms with Crippen molar-refractivity contribution in [1.29, 1.82) is 0 Å². The van der Waals surface area contributed by atoms with Gasteiger partial charge in [-0.2, -0.15) is 0 Å². The molecule has 0 amide bonds. The molecule has 1 heterocycles. The smallest absolute Gasteiger partial charge is 0.350 e. The van der Waals surface area contributed by atoms with Crippen LogP contribution in [0.3, 0.4) is 0 Å². The molecule has 7 nitrogen and oxygen atoms in total. The number of ether oxygens (including phenoxy) is 1. The van der Waals surface area contributed by atoms with Gasteiger partial charge in [-0.15, -0.1) is 11.3 Å². The summed E-state index contributed by atoms with van der Waals surface area (Å²) in [5, 5.41) is 7.54. The Morgan fingerprint density at radius 1 is 1.41 bits per heavy atom. The third kappa shape index (κ3) is 6.46. The van der Waals surface area contributed by atoms with E-state index < -0.39 is 0 Å². The number of carbonyl (C=O) groups is 1. The number of nitrogens with one attached hydrogen (secondary N) is 2. The van der Waals surface area contributed by atoms with Gasteiger partial charge < -0.3 is 15.4 Å². The fourth-order valence-corrected chi connectivity index (χ4v) is 3.87. The number of thiazole rings is 1. The minimum absolute atomic E-state index is 0.0413. The standard InChI is InChI=1S/C19H33N5O2S/c1-6-20-19(21-11-12-24(7-2)15-9-10-15)23-14(5)17-22-13(4)16(27-17)18(25)26-8-3/h14-15H,6-12H2,1-5H3,(H2,20,21,23). The second-order valence-corrected chi connectivity index (χ2v) is 7.70. The molecule has 1 aliphatic carbocycles. The van der Waals surface area contributed by atoms with E-state index in [2.05, 4.69) is 34.4 Å². The Bertz CT molecular complexity index is 642. The first-order valence-electron chi connectivity index (χ1n) is 9.93. The number of nitrogens with zero attached hydrogens (tertiary/aromatic N) is 3. The van der Waals surface area contributed by atoms with Crippen LogP contribution in [0.25, 0.3) is 0 Å². The lowest BCUT2D eigenvalue weighted by atomic mass is 10.3. The lowest BCUT2D eigenvalue weighted by Gasteiger charge is -2.19. The highest BCUT2D eigenvalue weighted by Gasteiger charge is 2.27. The summed E-state index contributed by atoms with van der Waals surface area (Å²) in [6, 6.07) is 0.722. The van der Waals surface area contributed by atoms with Crippen molar-refractivity contribution in [2.24, 2.45) is 4.99 Å². The highest BCUT2D eigenvalue weighted by Crippen LogP contribution is 2.26. The number of hydrogen-bond acceptors (Lipinski definition) is 6. The van der Waals surface area contributed by atoms with Gasteiger partial charge in [0, 0.05) is 19.1 Å². The average molecular weight is 396 g/mol. The molecule has 2 N–H and O–H groups in total. The highest BCUT2D eigenvalue weighted by atomic mass is 32.1. The van der Waals surface area contributed by atoms with Gasteiger partial charge in [0.1, 0.15) is 9.88 Å². The normalized spacial score (nSPS) is 15.7. The fourth-order valence-electron chi connectivity index (χ4n) is 2.90. The van der Waals surface area contributed by atoms with E-state index in [4.69, 9.17) is 9.73 Å². The van der Waals surface area contributed by atoms with Crippen molar-refractivity contribution >= 4 is 23.3 Å². The topological polar surface area (TPSA) is 78.9 Å². The largest absolute Gasteiger partial charge is 0.462 e. The molecule has 0 aliphatic heterocycles. The van der Waals surface area contributed by atoms with Crippen LogP contribution in [0.2, 0.25) is 0 Å². The Hall–Kier alpha value is -1.67. The van der Waals surface area contributed by atoms with Gasteiger partial charge in [0.2, 0.25) is 0 Å². The maximum atomic E-state index is 12.0. The zero-order chi connectivity index (χ0) is 19.8. The lowest BCUT2D eigenvalue weighted by molar-refractivity contribution is 0.0531. The maximum Gasteiger partial charge on any atom is 0.350 e. The fraction of sp³-hybridized carbons (Fsp3) is 0.737. The zero-order valence-electron chi connectivity index (χ0n) is 17.2. The monoisotopic (exact) mass is 395 g/mol. The molecule has 0 radical (unpaired) electrons. The van der Waals surface area contributed by atoms with Gasteiger partial charge in [0.15, 0.2) is 5.96 Å². The molecule has 2 rings (SSSR count). The second kappa shape index (κ2) is 10.6. The molecule has 1 aromatic heterocycles. The highest BCUT2D eigenvalue weighted by molar-refractivity contribution is 7.13. The first kappa shape index (κ1) is 21.6. The molecule has 27 heavy (non-hydrogen) atoms. The SMILES string of the molecule is CCNC(=NCCN(CC)C1CC1)NC(C)c1nc(C)c(C(=O)OCC)s1. The molecule has 0 aromatic carbocycles. The van der Waals surface area contributed by atoms with Gasteiger partial charge in [0.25, 0.3) is 0 Å². The van der Waals surface area contributed by atoms with Crippen LogP contribution in [-0.4, -0.2) is 60.6 Å². The summed E-state index contributed by atoms with van der Waals surface area (Å²) in [7, 11) is 0. The van der Waals surface area contributed by atoms with Crippen molar-refractivity contribution in [3.63, 3.8) is 0 Å². The number of carbonyl (C=O) groups excluding carboxylic acids is 1.